The zero-order valence-electron chi connectivity index (χ0n) is 36.5. The molecular weight excluding hydrogens is 1010 g/mol. The molecule has 0 spiro atoms. The number of benzene rings is 4. The van der Waals surface area contributed by atoms with E-state index in [9.17, 15) is 14.4 Å². The van der Waals surface area contributed by atoms with Crippen LogP contribution in [-0.2, 0) is 35.5 Å². The minimum Gasteiger partial charge on any atom is -0.480 e. The number of hydrogen-bond acceptors (Lipinski definition) is 15. The number of carboxylic acid groups (broad SMARTS) is 1. The monoisotopic (exact) mass is 1050 g/mol. The number of rotatable bonds is 8. The lowest BCUT2D eigenvalue weighted by molar-refractivity contribution is -0.140. The van der Waals surface area contributed by atoms with Gasteiger partial charge >= 0.3 is 5.97 Å². The van der Waals surface area contributed by atoms with Gasteiger partial charge in [0.05, 0.1) is 31.5 Å². The molecule has 19 nitrogen and oxygen atoms in total. The summed E-state index contributed by atoms with van der Waals surface area (Å²) in [6, 6.07) is 22.0. The van der Waals surface area contributed by atoms with Gasteiger partial charge in [-0.3, -0.25) is 24.2 Å². The molecule has 6 aromatic rings. The van der Waals surface area contributed by atoms with Gasteiger partial charge in [-0.25, -0.2) is 14.8 Å². The van der Waals surface area contributed by atoms with Crippen LogP contribution in [0.25, 0.3) is 0 Å². The number of aliphatic hydroxyl groups excluding tert-OH is 2. The number of carboxylic acids is 1. The Hall–Kier alpha value is -6.55. The molecule has 0 atom stereocenters. The van der Waals surface area contributed by atoms with Gasteiger partial charge in [-0.2, -0.15) is 9.97 Å². The Morgan fingerprint density at radius 3 is 1.61 bits per heavy atom. The van der Waals surface area contributed by atoms with Crippen LogP contribution >= 0.6 is 58.8 Å². The van der Waals surface area contributed by atoms with Gasteiger partial charge in [-0.15, -0.1) is 12.4 Å². The Bertz CT molecular complexity index is 2930. The van der Waals surface area contributed by atoms with Gasteiger partial charge < -0.3 is 45.6 Å². The second-order valence-corrected chi connectivity index (χ2v) is 17.0. The number of carbonyl (C=O) groups is 4. The van der Waals surface area contributed by atoms with Crippen molar-refractivity contribution in [3.05, 3.63) is 139 Å². The number of hydrogen-bond donors (Lipinski definition) is 6. The average Bonchev–Trinajstić information content (AvgIpc) is 3.35. The van der Waals surface area contributed by atoms with E-state index in [0.717, 1.165) is 48.4 Å². The van der Waals surface area contributed by atoms with E-state index in [1.54, 1.807) is 41.3 Å². The van der Waals surface area contributed by atoms with Crippen LogP contribution in [0.5, 0.6) is 11.8 Å². The largest absolute Gasteiger partial charge is 0.480 e. The first-order chi connectivity index (χ1) is 33.3. The highest BCUT2D eigenvalue weighted by molar-refractivity contribution is 6.41. The predicted molar refractivity (Wildman–Crippen MR) is 265 cm³/mol. The maximum Gasteiger partial charge on any atom is 0.329 e. The van der Waals surface area contributed by atoms with Crippen molar-refractivity contribution in [3.63, 3.8) is 0 Å². The number of nitrogens with one attached hydrogen (secondary N) is 3. The third-order valence-electron chi connectivity index (χ3n) is 11.0. The van der Waals surface area contributed by atoms with Crippen molar-refractivity contribution in [1.29, 1.82) is 0 Å². The Labute approximate surface area is 425 Å². The van der Waals surface area contributed by atoms with Crippen LogP contribution in [0.2, 0.25) is 20.1 Å². The topological polar surface area (TPSA) is 245 Å². The number of ether oxygens (including phenoxy) is 2. The summed E-state index contributed by atoms with van der Waals surface area (Å²) in [5.74, 6) is -1.19. The number of para-hydroxylation sites is 2. The molecule has 0 fully saturated rings. The summed E-state index contributed by atoms with van der Waals surface area (Å²) in [7, 11) is 0. The van der Waals surface area contributed by atoms with E-state index in [4.69, 9.17) is 76.0 Å². The summed E-state index contributed by atoms with van der Waals surface area (Å²) in [4.78, 5) is 68.6. The summed E-state index contributed by atoms with van der Waals surface area (Å²) >= 11 is 25.0. The third-order valence-corrected chi connectivity index (χ3v) is 12.2. The first-order valence-corrected chi connectivity index (χ1v) is 22.5. The van der Waals surface area contributed by atoms with Crippen molar-refractivity contribution in [2.45, 2.75) is 25.9 Å². The summed E-state index contributed by atoms with van der Waals surface area (Å²) in [6.45, 7) is 1.41. The zero-order chi connectivity index (χ0) is 48.8. The Morgan fingerprint density at radius 2 is 1.14 bits per heavy atom. The number of nitrogens with zero attached hydrogens (tertiary/aromatic N) is 7. The van der Waals surface area contributed by atoms with Gasteiger partial charge in [0.1, 0.15) is 24.3 Å². The van der Waals surface area contributed by atoms with Gasteiger partial charge in [0, 0.05) is 43.4 Å². The molecule has 4 aromatic carbocycles. The molecule has 0 unspecified atom stereocenters. The van der Waals surface area contributed by atoms with Gasteiger partial charge in [-0.05, 0) is 90.2 Å². The van der Waals surface area contributed by atoms with Crippen LogP contribution in [0.15, 0.2) is 85.2 Å². The van der Waals surface area contributed by atoms with E-state index >= 15 is 0 Å². The standard InChI is InChI=1S/C23H19Cl2N5O4.C21H17Cl2N5O2.C2H4O3.ClH/c24-17-2-1-3-18(25)20(17)30-12-34-21-16(22(30)33)9-26-23(28-21)27-15-5-4-13-6-7-29(19(32)11-31)10-14(13)8-15;22-16-2-1-3-17(23)18(16)28-11-30-19-15(20(28)29)10-25-21(27-19)26-14-5-4-12-6-7-24-9-13(12)8-14;3-1-2(4)5;/h1-5,8-9,31H,6-7,10-12H2,(H,26,27,28);1-5,8,10,24H,6-7,9,11H2,(H,25,26,27);3H,1H2,(H,4,5);1H. The number of aromatic nitrogens is 4. The van der Waals surface area contributed by atoms with Crippen LogP contribution in [0.1, 0.15) is 43.0 Å². The van der Waals surface area contributed by atoms with E-state index in [1.807, 2.05) is 24.3 Å². The normalized spacial score (nSPS) is 14.3. The maximum atomic E-state index is 13.0. The molecule has 10 rings (SSSR count). The molecule has 0 radical (unpaired) electrons. The lowest BCUT2D eigenvalue weighted by Gasteiger charge is -2.29. The van der Waals surface area contributed by atoms with Crippen molar-refractivity contribution in [2.24, 2.45) is 0 Å². The summed E-state index contributed by atoms with van der Waals surface area (Å²) < 4.78 is 11.4. The molecule has 70 heavy (non-hydrogen) atoms. The molecular formula is C46H41Cl5N10O9. The van der Waals surface area contributed by atoms with Gasteiger partial charge in [0.2, 0.25) is 29.6 Å². The Balaban J connectivity index is 0.000000187. The first-order valence-electron chi connectivity index (χ1n) is 21.0. The number of aliphatic carboxylic acids is 1. The number of carbonyl (C=O) groups excluding carboxylic acids is 3. The molecule has 0 bridgehead atoms. The molecule has 364 valence electrons. The van der Waals surface area contributed by atoms with Crippen LogP contribution < -0.4 is 35.2 Å². The van der Waals surface area contributed by atoms with Gasteiger partial charge in [0.15, 0.2) is 13.5 Å². The number of aliphatic hydroxyl groups is 2. The van der Waals surface area contributed by atoms with Crippen molar-refractivity contribution in [1.82, 2.24) is 30.2 Å². The molecule has 6 heterocycles. The molecule has 0 saturated carbocycles. The Morgan fingerprint density at radius 1 is 0.671 bits per heavy atom. The summed E-state index contributed by atoms with van der Waals surface area (Å²) in [5, 5.41) is 35.2. The van der Waals surface area contributed by atoms with E-state index < -0.39 is 19.2 Å². The highest BCUT2D eigenvalue weighted by Crippen LogP contribution is 2.39. The van der Waals surface area contributed by atoms with Crippen molar-refractivity contribution in [2.75, 3.05) is 60.2 Å². The van der Waals surface area contributed by atoms with Gasteiger partial charge in [0.25, 0.3) is 11.8 Å². The minimum absolute atomic E-state index is 0. The fourth-order valence-electron chi connectivity index (χ4n) is 7.62. The first kappa shape index (κ1) is 51.3. The van der Waals surface area contributed by atoms with Crippen LogP contribution in [0.3, 0.4) is 0 Å². The van der Waals surface area contributed by atoms with Crippen LogP contribution in [0, 0.1) is 0 Å². The maximum absolute atomic E-state index is 13.0. The quantitative estimate of drug-likeness (QED) is 0.0894. The fourth-order valence-corrected chi connectivity index (χ4v) is 8.82. The van der Waals surface area contributed by atoms with Gasteiger partial charge in [-0.1, -0.05) is 70.7 Å². The Kier molecular flexibility index (Phi) is 16.8. The van der Waals surface area contributed by atoms with Crippen molar-refractivity contribution in [3.8, 4) is 11.8 Å². The molecule has 0 saturated heterocycles. The average molecular weight is 1060 g/mol. The SMILES string of the molecule is Cl.O=C(CO)N1CCc2ccc(Nc3ncc4c(n3)OCN(c3c(Cl)cccc3Cl)C4=O)cc2C1.O=C(O)CO.O=C1c2cnc(Nc3ccc4c(c3)CNCC4)nc2OCN1c1c(Cl)cccc1Cl. The molecule has 2 aromatic heterocycles. The smallest absolute Gasteiger partial charge is 0.329 e. The molecule has 0 aliphatic carbocycles. The van der Waals surface area contributed by atoms with E-state index in [-0.39, 0.29) is 72.4 Å². The number of anilines is 6. The second kappa shape index (κ2) is 22.9. The minimum atomic E-state index is -1.19. The lowest BCUT2D eigenvalue weighted by Crippen LogP contribution is -2.39. The summed E-state index contributed by atoms with van der Waals surface area (Å²) in [6.07, 6.45) is 4.58. The van der Waals surface area contributed by atoms with E-state index in [1.165, 1.54) is 33.3 Å². The zero-order valence-corrected chi connectivity index (χ0v) is 40.3. The van der Waals surface area contributed by atoms with E-state index in [0.29, 0.717) is 50.5 Å². The van der Waals surface area contributed by atoms with Crippen LogP contribution in [0.4, 0.5) is 34.6 Å². The van der Waals surface area contributed by atoms with Crippen LogP contribution in [-0.4, -0.2) is 104 Å². The molecule has 4 aliphatic heterocycles. The third kappa shape index (κ3) is 11.5. The summed E-state index contributed by atoms with van der Waals surface area (Å²) in [5.41, 5.74) is 7.54. The number of fused-ring (bicyclic) bond motifs is 4. The van der Waals surface area contributed by atoms with Crippen molar-refractivity contribution >= 4 is 117 Å². The fraction of sp³-hybridized carbons (Fsp3) is 0.217. The van der Waals surface area contributed by atoms with Crippen molar-refractivity contribution < 1.29 is 44.0 Å². The lowest BCUT2D eigenvalue weighted by atomic mass is 9.99. The highest BCUT2D eigenvalue weighted by Gasteiger charge is 2.33. The molecule has 4 aliphatic rings. The highest BCUT2D eigenvalue weighted by atomic mass is 35.5. The van der Waals surface area contributed by atoms with E-state index in [2.05, 4.69) is 48.0 Å². The molecule has 24 heteroatoms. The predicted octanol–water partition coefficient (Wildman–Crippen LogP) is 7.06. The molecule has 3 amide bonds. The second-order valence-electron chi connectivity index (χ2n) is 15.4. The number of halogens is 5. The number of amides is 3. The molecule has 6 N–H and O–H groups in total.